The standard InChI is InChI=1S/C14H11F3N4/c1-21(2)11-4-3-10-13(19-11)20-14(18-10)12-8(16)5-7(15)6-9(12)17/h3-6H,1-2H3,(H,18,19,20). The molecule has 0 fully saturated rings. The molecule has 3 rings (SSSR count). The van der Waals surface area contributed by atoms with Crippen LogP contribution in [0.5, 0.6) is 0 Å². The van der Waals surface area contributed by atoms with Gasteiger partial charge in [-0.2, -0.15) is 0 Å². The lowest BCUT2D eigenvalue weighted by Gasteiger charge is -2.09. The maximum atomic E-state index is 13.8. The number of anilines is 1. The van der Waals surface area contributed by atoms with Gasteiger partial charge < -0.3 is 9.88 Å². The summed E-state index contributed by atoms with van der Waals surface area (Å²) in [6.45, 7) is 0. The summed E-state index contributed by atoms with van der Waals surface area (Å²) in [6.07, 6.45) is 0. The maximum absolute atomic E-state index is 13.8. The van der Waals surface area contributed by atoms with E-state index in [4.69, 9.17) is 0 Å². The van der Waals surface area contributed by atoms with Crippen LogP contribution in [0.1, 0.15) is 0 Å². The van der Waals surface area contributed by atoms with Crippen LogP contribution in [-0.4, -0.2) is 29.0 Å². The molecule has 0 atom stereocenters. The van der Waals surface area contributed by atoms with Gasteiger partial charge in [0.2, 0.25) is 0 Å². The Morgan fingerprint density at radius 2 is 1.67 bits per heavy atom. The van der Waals surface area contributed by atoms with Gasteiger partial charge in [-0.25, -0.2) is 23.1 Å². The number of halogens is 3. The van der Waals surface area contributed by atoms with E-state index in [0.29, 0.717) is 29.1 Å². The van der Waals surface area contributed by atoms with Crippen molar-refractivity contribution >= 4 is 17.0 Å². The van der Waals surface area contributed by atoms with E-state index >= 15 is 0 Å². The van der Waals surface area contributed by atoms with Crippen molar-refractivity contribution in [1.82, 2.24) is 15.0 Å². The fraction of sp³-hybridized carbons (Fsp3) is 0.143. The monoisotopic (exact) mass is 292 g/mol. The predicted octanol–water partition coefficient (Wildman–Crippen LogP) is 3.11. The van der Waals surface area contributed by atoms with Crippen molar-refractivity contribution in [2.45, 2.75) is 0 Å². The van der Waals surface area contributed by atoms with E-state index in [-0.39, 0.29) is 5.82 Å². The fourth-order valence-corrected chi connectivity index (χ4v) is 2.02. The maximum Gasteiger partial charge on any atom is 0.180 e. The zero-order valence-electron chi connectivity index (χ0n) is 11.3. The number of fused-ring (bicyclic) bond motifs is 1. The molecule has 0 radical (unpaired) electrons. The Hall–Kier alpha value is -2.57. The van der Waals surface area contributed by atoms with E-state index < -0.39 is 23.0 Å². The number of aromatic amines is 1. The average Bonchev–Trinajstić information content (AvgIpc) is 2.79. The normalized spacial score (nSPS) is 11.1. The molecule has 0 spiro atoms. The Morgan fingerprint density at radius 3 is 2.29 bits per heavy atom. The van der Waals surface area contributed by atoms with Gasteiger partial charge in [-0.1, -0.05) is 0 Å². The second-order valence-electron chi connectivity index (χ2n) is 4.76. The number of nitrogens with one attached hydrogen (secondary N) is 1. The van der Waals surface area contributed by atoms with Crippen LogP contribution in [0, 0.1) is 17.5 Å². The molecule has 0 aliphatic carbocycles. The highest BCUT2D eigenvalue weighted by molar-refractivity contribution is 5.77. The molecule has 7 heteroatoms. The van der Waals surface area contributed by atoms with E-state index in [1.54, 1.807) is 17.0 Å². The van der Waals surface area contributed by atoms with Crippen molar-refractivity contribution in [2.75, 3.05) is 19.0 Å². The average molecular weight is 292 g/mol. The number of hydrogen-bond donors (Lipinski definition) is 1. The summed E-state index contributed by atoms with van der Waals surface area (Å²) in [6, 6.07) is 4.70. The molecule has 0 unspecified atom stereocenters. The smallest absolute Gasteiger partial charge is 0.180 e. The van der Waals surface area contributed by atoms with Crippen LogP contribution in [0.15, 0.2) is 24.3 Å². The van der Waals surface area contributed by atoms with Gasteiger partial charge in [0, 0.05) is 26.2 Å². The minimum Gasteiger partial charge on any atom is -0.363 e. The van der Waals surface area contributed by atoms with Crippen molar-refractivity contribution < 1.29 is 13.2 Å². The van der Waals surface area contributed by atoms with Gasteiger partial charge in [0.1, 0.15) is 29.1 Å². The molecule has 2 aromatic heterocycles. The minimum absolute atomic E-state index is 0.0246. The number of aromatic nitrogens is 3. The molecular formula is C14H11F3N4. The Balaban J connectivity index is 2.18. The first-order valence-corrected chi connectivity index (χ1v) is 6.14. The molecule has 21 heavy (non-hydrogen) atoms. The van der Waals surface area contributed by atoms with Gasteiger partial charge in [0.25, 0.3) is 0 Å². The molecule has 108 valence electrons. The first kappa shape index (κ1) is 13.4. The van der Waals surface area contributed by atoms with E-state index in [0.717, 1.165) is 0 Å². The highest BCUT2D eigenvalue weighted by atomic mass is 19.1. The minimum atomic E-state index is -1.01. The molecule has 0 amide bonds. The van der Waals surface area contributed by atoms with Gasteiger partial charge in [-0.15, -0.1) is 0 Å². The number of H-pyrrole nitrogens is 1. The fourth-order valence-electron chi connectivity index (χ4n) is 2.02. The molecular weight excluding hydrogens is 281 g/mol. The van der Waals surface area contributed by atoms with Gasteiger partial charge in [-0.3, -0.25) is 0 Å². The summed E-state index contributed by atoms with van der Waals surface area (Å²) in [5.74, 6) is -2.36. The van der Waals surface area contributed by atoms with E-state index in [1.807, 2.05) is 14.1 Å². The molecule has 0 bridgehead atoms. The van der Waals surface area contributed by atoms with E-state index in [2.05, 4.69) is 15.0 Å². The van der Waals surface area contributed by atoms with Crippen LogP contribution in [0.2, 0.25) is 0 Å². The van der Waals surface area contributed by atoms with Crippen LogP contribution in [-0.2, 0) is 0 Å². The largest absolute Gasteiger partial charge is 0.363 e. The molecule has 1 N–H and O–H groups in total. The van der Waals surface area contributed by atoms with Crippen LogP contribution in [0.4, 0.5) is 19.0 Å². The molecule has 0 saturated carbocycles. The number of benzene rings is 1. The summed E-state index contributed by atoms with van der Waals surface area (Å²) < 4.78 is 40.5. The van der Waals surface area contributed by atoms with Gasteiger partial charge in [0.05, 0.1) is 11.1 Å². The topological polar surface area (TPSA) is 44.8 Å². The third-order valence-corrected chi connectivity index (χ3v) is 3.03. The molecule has 0 aliphatic heterocycles. The van der Waals surface area contributed by atoms with Crippen molar-refractivity contribution in [1.29, 1.82) is 0 Å². The Kier molecular flexibility index (Phi) is 3.04. The first-order valence-electron chi connectivity index (χ1n) is 6.14. The first-order chi connectivity index (χ1) is 9.95. The second-order valence-corrected chi connectivity index (χ2v) is 4.76. The summed E-state index contributed by atoms with van der Waals surface area (Å²) in [7, 11) is 3.64. The highest BCUT2D eigenvalue weighted by Crippen LogP contribution is 2.26. The molecule has 1 aromatic carbocycles. The zero-order chi connectivity index (χ0) is 15.1. The number of imidazole rings is 1. The van der Waals surface area contributed by atoms with Crippen LogP contribution >= 0.6 is 0 Å². The lowest BCUT2D eigenvalue weighted by atomic mass is 10.2. The molecule has 0 aliphatic rings. The Morgan fingerprint density at radius 1 is 1.00 bits per heavy atom. The molecule has 2 heterocycles. The SMILES string of the molecule is CN(C)c1ccc2[nH]c(-c3c(F)cc(F)cc3F)nc2n1. The van der Waals surface area contributed by atoms with Gasteiger partial charge in [-0.05, 0) is 12.1 Å². The number of nitrogens with zero attached hydrogens (tertiary/aromatic N) is 3. The number of rotatable bonds is 2. The van der Waals surface area contributed by atoms with Crippen LogP contribution in [0.3, 0.4) is 0 Å². The number of hydrogen-bond acceptors (Lipinski definition) is 3. The summed E-state index contributed by atoms with van der Waals surface area (Å²) in [5.41, 5.74) is 0.471. The third-order valence-electron chi connectivity index (χ3n) is 3.03. The Bertz CT molecular complexity index is 803. The molecule has 0 saturated heterocycles. The highest BCUT2D eigenvalue weighted by Gasteiger charge is 2.17. The van der Waals surface area contributed by atoms with Crippen molar-refractivity contribution in [3.05, 3.63) is 41.7 Å². The summed E-state index contributed by atoms with van der Waals surface area (Å²) >= 11 is 0. The third kappa shape index (κ3) is 2.31. The van der Waals surface area contributed by atoms with Crippen LogP contribution in [0.25, 0.3) is 22.6 Å². The second kappa shape index (κ2) is 4.76. The van der Waals surface area contributed by atoms with Crippen molar-refractivity contribution in [3.8, 4) is 11.4 Å². The number of pyridine rings is 1. The summed E-state index contributed by atoms with van der Waals surface area (Å²) in [5, 5.41) is 0. The quantitative estimate of drug-likeness (QED) is 0.789. The molecule has 3 aromatic rings. The van der Waals surface area contributed by atoms with E-state index in [9.17, 15) is 13.2 Å². The van der Waals surface area contributed by atoms with Crippen molar-refractivity contribution in [2.24, 2.45) is 0 Å². The van der Waals surface area contributed by atoms with Crippen molar-refractivity contribution in [3.63, 3.8) is 0 Å². The zero-order valence-corrected chi connectivity index (χ0v) is 11.3. The van der Waals surface area contributed by atoms with Gasteiger partial charge >= 0.3 is 0 Å². The lowest BCUT2D eigenvalue weighted by molar-refractivity contribution is 0.547. The lowest BCUT2D eigenvalue weighted by Crippen LogP contribution is -2.10. The summed E-state index contributed by atoms with van der Waals surface area (Å²) in [4.78, 5) is 12.9. The van der Waals surface area contributed by atoms with Crippen LogP contribution < -0.4 is 4.90 Å². The van der Waals surface area contributed by atoms with Gasteiger partial charge in [0.15, 0.2) is 5.65 Å². The Labute approximate surface area is 118 Å². The predicted molar refractivity (Wildman–Crippen MR) is 73.5 cm³/mol. The molecule has 4 nitrogen and oxygen atoms in total. The van der Waals surface area contributed by atoms with E-state index in [1.165, 1.54) is 0 Å².